The number of benzene rings is 2. The third kappa shape index (κ3) is 13.3. The van der Waals surface area contributed by atoms with Crippen LogP contribution in [0.4, 0.5) is 0 Å². The molecule has 0 aliphatic rings. The van der Waals surface area contributed by atoms with Gasteiger partial charge in [0.15, 0.2) is 0 Å². The minimum Gasteiger partial charge on any atom is -0.494 e. The topological polar surface area (TPSA) is 59.9 Å². The Kier molecular flexibility index (Phi) is 15.8. The lowest BCUT2D eigenvalue weighted by atomic mass is 10.1. The first-order valence-electron chi connectivity index (χ1n) is 14.0. The smallest absolute Gasteiger partial charge is 0.271 e. The van der Waals surface area contributed by atoms with Crippen LogP contribution in [0.2, 0.25) is 0 Å². The van der Waals surface area contributed by atoms with Crippen molar-refractivity contribution in [2.45, 2.75) is 97.3 Å². The zero-order valence-corrected chi connectivity index (χ0v) is 22.5. The highest BCUT2D eigenvalue weighted by molar-refractivity contribution is 5.95. The average Bonchev–Trinajstić information content (AvgIpc) is 2.91. The van der Waals surface area contributed by atoms with E-state index in [1.165, 1.54) is 70.6 Å². The first-order valence-corrected chi connectivity index (χ1v) is 14.0. The number of ether oxygens (including phenoxy) is 2. The summed E-state index contributed by atoms with van der Waals surface area (Å²) in [5.74, 6) is 1.40. The van der Waals surface area contributed by atoms with Gasteiger partial charge in [0, 0.05) is 5.56 Å². The fraction of sp³-hybridized carbons (Fsp3) is 0.548. The van der Waals surface area contributed by atoms with Crippen molar-refractivity contribution in [3.05, 3.63) is 59.7 Å². The van der Waals surface area contributed by atoms with E-state index in [-0.39, 0.29) is 5.91 Å². The summed E-state index contributed by atoms with van der Waals surface area (Å²) in [6.45, 7) is 5.93. The van der Waals surface area contributed by atoms with E-state index in [9.17, 15) is 4.79 Å². The van der Waals surface area contributed by atoms with Crippen LogP contribution in [0.25, 0.3) is 0 Å². The van der Waals surface area contributed by atoms with E-state index in [2.05, 4.69) is 24.4 Å². The second kappa shape index (κ2) is 19.4. The molecule has 0 aliphatic carbocycles. The predicted octanol–water partition coefficient (Wildman–Crippen LogP) is 8.32. The molecule has 36 heavy (non-hydrogen) atoms. The van der Waals surface area contributed by atoms with E-state index >= 15 is 0 Å². The van der Waals surface area contributed by atoms with Crippen molar-refractivity contribution in [2.24, 2.45) is 5.10 Å². The fourth-order valence-corrected chi connectivity index (χ4v) is 3.90. The zero-order valence-electron chi connectivity index (χ0n) is 22.5. The van der Waals surface area contributed by atoms with Crippen LogP contribution >= 0.6 is 0 Å². The summed E-state index contributed by atoms with van der Waals surface area (Å²) in [6.07, 6.45) is 18.0. The molecule has 0 saturated carbocycles. The second-order valence-corrected chi connectivity index (χ2v) is 9.38. The Morgan fingerprint density at radius 2 is 1.11 bits per heavy atom. The maximum absolute atomic E-state index is 12.4. The van der Waals surface area contributed by atoms with Crippen LogP contribution in [0.3, 0.4) is 0 Å². The monoisotopic (exact) mass is 494 g/mol. The molecule has 0 aliphatic heterocycles. The first-order chi connectivity index (χ1) is 17.7. The van der Waals surface area contributed by atoms with Crippen molar-refractivity contribution >= 4 is 12.1 Å². The minimum absolute atomic E-state index is 0.246. The Bertz CT molecular complexity index is 847. The molecule has 2 rings (SSSR count). The van der Waals surface area contributed by atoms with E-state index in [1.54, 1.807) is 18.3 Å². The molecule has 2 aromatic carbocycles. The molecule has 0 fully saturated rings. The Morgan fingerprint density at radius 1 is 0.667 bits per heavy atom. The van der Waals surface area contributed by atoms with Gasteiger partial charge in [-0.15, -0.1) is 0 Å². The molecule has 0 saturated heterocycles. The van der Waals surface area contributed by atoms with Gasteiger partial charge in [-0.05, 0) is 66.9 Å². The number of hydrogen-bond donors (Lipinski definition) is 1. The molecular weight excluding hydrogens is 448 g/mol. The molecule has 0 spiro atoms. The van der Waals surface area contributed by atoms with Gasteiger partial charge in [-0.1, -0.05) is 84.5 Å². The van der Waals surface area contributed by atoms with Gasteiger partial charge in [0.25, 0.3) is 5.91 Å². The quantitative estimate of drug-likeness (QED) is 0.114. The van der Waals surface area contributed by atoms with Gasteiger partial charge in [0.05, 0.1) is 19.4 Å². The molecule has 0 heterocycles. The maximum Gasteiger partial charge on any atom is 0.271 e. The zero-order chi connectivity index (χ0) is 25.7. The Balaban J connectivity index is 1.61. The van der Waals surface area contributed by atoms with Crippen LogP contribution in [-0.4, -0.2) is 25.3 Å². The molecule has 0 bridgehead atoms. The molecule has 0 atom stereocenters. The summed E-state index contributed by atoms with van der Waals surface area (Å²) >= 11 is 0. The lowest BCUT2D eigenvalue weighted by Crippen LogP contribution is -2.17. The highest BCUT2D eigenvalue weighted by atomic mass is 16.5. The lowest BCUT2D eigenvalue weighted by Gasteiger charge is -2.07. The Hall–Kier alpha value is -2.82. The molecule has 0 aromatic heterocycles. The summed E-state index contributed by atoms with van der Waals surface area (Å²) in [4.78, 5) is 12.4. The third-order valence-electron chi connectivity index (χ3n) is 6.16. The predicted molar refractivity (Wildman–Crippen MR) is 150 cm³/mol. The lowest BCUT2D eigenvalue weighted by molar-refractivity contribution is 0.0955. The maximum atomic E-state index is 12.4. The molecule has 0 unspecified atom stereocenters. The van der Waals surface area contributed by atoms with Crippen molar-refractivity contribution in [2.75, 3.05) is 13.2 Å². The van der Waals surface area contributed by atoms with Crippen LogP contribution in [0.15, 0.2) is 53.6 Å². The SMILES string of the molecule is CCCCCCCCCCOc1ccc(C(=O)N/N=C\c2ccc(OCCCCCCC)cc2)cc1. The van der Waals surface area contributed by atoms with Crippen LogP contribution in [0.1, 0.15) is 113 Å². The van der Waals surface area contributed by atoms with E-state index in [1.807, 2.05) is 36.4 Å². The number of rotatable bonds is 20. The average molecular weight is 495 g/mol. The molecule has 5 nitrogen and oxygen atoms in total. The van der Waals surface area contributed by atoms with E-state index < -0.39 is 0 Å². The molecule has 5 heteroatoms. The number of nitrogens with one attached hydrogen (secondary N) is 1. The summed E-state index contributed by atoms with van der Waals surface area (Å²) in [7, 11) is 0. The molecular formula is C31H46N2O3. The summed E-state index contributed by atoms with van der Waals surface area (Å²) in [5.41, 5.74) is 4.03. The van der Waals surface area contributed by atoms with E-state index in [4.69, 9.17) is 9.47 Å². The summed E-state index contributed by atoms with van der Waals surface area (Å²) < 4.78 is 11.6. The van der Waals surface area contributed by atoms with Gasteiger partial charge in [0.2, 0.25) is 0 Å². The van der Waals surface area contributed by atoms with Gasteiger partial charge in [0.1, 0.15) is 11.5 Å². The largest absolute Gasteiger partial charge is 0.494 e. The van der Waals surface area contributed by atoms with Crippen molar-refractivity contribution in [1.82, 2.24) is 5.43 Å². The number of hydrazone groups is 1. The van der Waals surface area contributed by atoms with Crippen LogP contribution < -0.4 is 14.9 Å². The van der Waals surface area contributed by atoms with E-state index in [0.717, 1.165) is 36.5 Å². The molecule has 198 valence electrons. The fourth-order valence-electron chi connectivity index (χ4n) is 3.90. The number of carbonyl (C=O) groups is 1. The summed E-state index contributed by atoms with van der Waals surface area (Å²) in [6, 6.07) is 14.9. The van der Waals surface area contributed by atoms with Gasteiger partial charge in [-0.2, -0.15) is 5.10 Å². The normalized spacial score (nSPS) is 11.1. The highest BCUT2D eigenvalue weighted by Gasteiger charge is 2.04. The van der Waals surface area contributed by atoms with Gasteiger partial charge in [-0.25, -0.2) is 5.43 Å². The third-order valence-corrected chi connectivity index (χ3v) is 6.16. The number of hydrogen-bond acceptors (Lipinski definition) is 4. The van der Waals surface area contributed by atoms with Crippen LogP contribution in [0.5, 0.6) is 11.5 Å². The summed E-state index contributed by atoms with van der Waals surface area (Å²) in [5, 5.41) is 4.08. The number of nitrogens with zero attached hydrogens (tertiary/aromatic N) is 1. The van der Waals surface area contributed by atoms with Crippen LogP contribution in [0, 0.1) is 0 Å². The molecule has 2 aromatic rings. The number of unbranched alkanes of at least 4 members (excludes halogenated alkanes) is 11. The van der Waals surface area contributed by atoms with Gasteiger partial charge < -0.3 is 9.47 Å². The van der Waals surface area contributed by atoms with Crippen molar-refractivity contribution < 1.29 is 14.3 Å². The molecule has 1 amide bonds. The van der Waals surface area contributed by atoms with Gasteiger partial charge >= 0.3 is 0 Å². The first kappa shape index (κ1) is 29.4. The molecule has 0 radical (unpaired) electrons. The Labute approximate surface area is 218 Å². The Morgan fingerprint density at radius 3 is 1.61 bits per heavy atom. The second-order valence-electron chi connectivity index (χ2n) is 9.38. The number of carbonyl (C=O) groups excluding carboxylic acids is 1. The minimum atomic E-state index is -0.246. The van der Waals surface area contributed by atoms with Crippen molar-refractivity contribution in [3.63, 3.8) is 0 Å². The van der Waals surface area contributed by atoms with Gasteiger partial charge in [-0.3, -0.25) is 4.79 Å². The standard InChI is InChI=1S/C31H46N2O3/c1-3-5-7-9-10-11-13-15-25-36-30-22-18-28(19-23-30)31(34)33-32-26-27-16-20-29(21-17-27)35-24-14-12-8-6-4-2/h16-23,26H,3-15,24-25H2,1-2H3,(H,33,34)/b32-26-. The highest BCUT2D eigenvalue weighted by Crippen LogP contribution is 2.15. The van der Waals surface area contributed by atoms with Crippen LogP contribution in [-0.2, 0) is 0 Å². The van der Waals surface area contributed by atoms with Crippen molar-refractivity contribution in [3.8, 4) is 11.5 Å². The number of amides is 1. The van der Waals surface area contributed by atoms with E-state index in [0.29, 0.717) is 12.2 Å². The van der Waals surface area contributed by atoms with Crippen molar-refractivity contribution in [1.29, 1.82) is 0 Å². The molecule has 1 N–H and O–H groups in total.